The van der Waals surface area contributed by atoms with Crippen molar-refractivity contribution in [1.29, 1.82) is 0 Å². The molecule has 0 radical (unpaired) electrons. The van der Waals surface area contributed by atoms with Crippen LogP contribution in [0.25, 0.3) is 0 Å². The normalized spacial score (nSPS) is 40.2. The maximum absolute atomic E-state index is 7.12. The molecule has 2 nitrogen and oxygen atoms in total. The molecule has 2 fully saturated rings. The number of ether oxygens (including phenoxy) is 2. The quantitative estimate of drug-likeness (QED) is 0.319. The van der Waals surface area contributed by atoms with Crippen molar-refractivity contribution in [2.45, 2.75) is 103 Å². The second kappa shape index (κ2) is 10.8. The average molecular weight is 561 g/mol. The monoisotopic (exact) mass is 560 g/mol. The third-order valence-corrected chi connectivity index (χ3v) is 12.1. The van der Waals surface area contributed by atoms with Crippen molar-refractivity contribution in [3.05, 3.63) is 106 Å². The van der Waals surface area contributed by atoms with E-state index in [4.69, 9.17) is 9.47 Å². The van der Waals surface area contributed by atoms with E-state index in [0.29, 0.717) is 29.6 Å². The number of fused-ring (bicyclic) bond motifs is 6. The Bertz CT molecular complexity index is 1400. The Morgan fingerprint density at radius 2 is 1.93 bits per heavy atom. The summed E-state index contributed by atoms with van der Waals surface area (Å²) in [6.07, 6.45) is 35.7. The molecule has 0 N–H and O–H groups in total. The summed E-state index contributed by atoms with van der Waals surface area (Å²) in [6.45, 7) is 8.81. The summed E-state index contributed by atoms with van der Waals surface area (Å²) in [7, 11) is 0. The first kappa shape index (κ1) is 27.0. The highest BCUT2D eigenvalue weighted by atomic mass is 16.5. The number of hydrogen-bond donors (Lipinski definition) is 0. The molecule has 0 spiro atoms. The third-order valence-electron chi connectivity index (χ3n) is 12.1. The SMILES string of the molecule is C=C/C=C1/CCC=CC1C(C)C1=CCC(C)C2=C1OC1CC3C(C=C21)OC1C(C2=C4CCCCC4CC=C2)=CCCC13. The van der Waals surface area contributed by atoms with E-state index in [9.17, 15) is 0 Å². The zero-order valence-electron chi connectivity index (χ0n) is 25.7. The molecule has 0 aromatic heterocycles. The summed E-state index contributed by atoms with van der Waals surface area (Å²) >= 11 is 0. The molecule has 0 aromatic carbocycles. The smallest absolute Gasteiger partial charge is 0.127 e. The minimum Gasteiger partial charge on any atom is -0.485 e. The first-order valence-electron chi connectivity index (χ1n) is 17.2. The molecule has 1 saturated heterocycles. The van der Waals surface area contributed by atoms with Crippen LogP contribution < -0.4 is 0 Å². The van der Waals surface area contributed by atoms with Crippen molar-refractivity contribution in [3.8, 4) is 0 Å². The van der Waals surface area contributed by atoms with E-state index in [1.165, 1.54) is 78.6 Å². The van der Waals surface area contributed by atoms with Crippen LogP contribution in [-0.2, 0) is 9.47 Å². The number of hydrogen-bond acceptors (Lipinski definition) is 2. The van der Waals surface area contributed by atoms with Crippen molar-refractivity contribution in [1.82, 2.24) is 0 Å². The van der Waals surface area contributed by atoms with Crippen molar-refractivity contribution >= 4 is 0 Å². The van der Waals surface area contributed by atoms with Crippen LogP contribution in [0.5, 0.6) is 0 Å². The molecule has 220 valence electrons. The Labute approximate surface area is 253 Å². The topological polar surface area (TPSA) is 18.5 Å². The van der Waals surface area contributed by atoms with Gasteiger partial charge in [-0.1, -0.05) is 86.6 Å². The van der Waals surface area contributed by atoms with E-state index < -0.39 is 0 Å². The molecule has 8 rings (SSSR count). The summed E-state index contributed by atoms with van der Waals surface area (Å²) < 4.78 is 14.2. The molecule has 42 heavy (non-hydrogen) atoms. The number of allylic oxidation sites excluding steroid dienone is 11. The highest BCUT2D eigenvalue weighted by molar-refractivity contribution is 5.55. The zero-order valence-corrected chi connectivity index (χ0v) is 25.7. The number of rotatable bonds is 4. The largest absolute Gasteiger partial charge is 0.485 e. The second-order valence-corrected chi connectivity index (χ2v) is 14.4. The van der Waals surface area contributed by atoms with Crippen LogP contribution in [0.1, 0.15) is 84.5 Å². The van der Waals surface area contributed by atoms with Crippen molar-refractivity contribution in [3.63, 3.8) is 0 Å². The molecule has 9 unspecified atom stereocenters. The molecule has 2 heterocycles. The Hall–Kier alpha value is -2.58. The van der Waals surface area contributed by atoms with Crippen LogP contribution in [0.15, 0.2) is 106 Å². The highest BCUT2D eigenvalue weighted by Gasteiger charge is 2.52. The van der Waals surface area contributed by atoms with E-state index >= 15 is 0 Å². The predicted octanol–water partition coefficient (Wildman–Crippen LogP) is 9.82. The minimum atomic E-state index is 0.188. The molecule has 2 heteroatoms. The first-order chi connectivity index (χ1) is 20.6. The van der Waals surface area contributed by atoms with Gasteiger partial charge in [0.05, 0.1) is 12.2 Å². The van der Waals surface area contributed by atoms with Crippen LogP contribution in [0.4, 0.5) is 0 Å². The molecule has 6 aliphatic carbocycles. The van der Waals surface area contributed by atoms with Gasteiger partial charge in [0, 0.05) is 11.5 Å². The van der Waals surface area contributed by atoms with Gasteiger partial charge in [-0.05, 0) is 122 Å². The second-order valence-electron chi connectivity index (χ2n) is 14.4. The Balaban J connectivity index is 1.09. The lowest BCUT2D eigenvalue weighted by Gasteiger charge is -2.35. The van der Waals surface area contributed by atoms with E-state index in [1.54, 1.807) is 11.1 Å². The Morgan fingerprint density at radius 1 is 1.00 bits per heavy atom. The van der Waals surface area contributed by atoms with Crippen LogP contribution >= 0.6 is 0 Å². The average Bonchev–Trinajstić information content (AvgIpc) is 3.58. The molecule has 0 amide bonds. The van der Waals surface area contributed by atoms with Crippen LogP contribution in [0, 0.1) is 35.5 Å². The van der Waals surface area contributed by atoms with Crippen LogP contribution in [0.2, 0.25) is 0 Å². The van der Waals surface area contributed by atoms with Gasteiger partial charge in [-0.25, -0.2) is 0 Å². The molecule has 0 bridgehead atoms. The fourth-order valence-corrected chi connectivity index (χ4v) is 10.0. The van der Waals surface area contributed by atoms with Gasteiger partial charge in [-0.3, -0.25) is 0 Å². The van der Waals surface area contributed by atoms with Crippen molar-refractivity contribution in [2.75, 3.05) is 0 Å². The third kappa shape index (κ3) is 4.30. The summed E-state index contributed by atoms with van der Waals surface area (Å²) in [4.78, 5) is 0. The lowest BCUT2D eigenvalue weighted by atomic mass is 9.68. The predicted molar refractivity (Wildman–Crippen MR) is 171 cm³/mol. The molecule has 0 aromatic rings. The van der Waals surface area contributed by atoms with Gasteiger partial charge in [-0.15, -0.1) is 0 Å². The standard InChI is InChI=1S/C40H48O2/c1-4-11-26-12-5-7-15-28(26)25(3)29-21-20-24(2)38-35-23-36-34(22-37(35)42-40(29)38)33-19-10-18-32(39(33)41-36)31-17-9-14-27-13-6-8-16-30(27)31/h4,7,9,11,15,17-18,21,23-25,27-28,33-34,36-37,39H,1,5-6,8,10,12-14,16,19-20,22H2,2-3H3/b26-11-. The van der Waals surface area contributed by atoms with Gasteiger partial charge in [0.15, 0.2) is 0 Å². The molecule has 1 saturated carbocycles. The van der Waals surface area contributed by atoms with E-state index in [1.807, 2.05) is 6.08 Å². The van der Waals surface area contributed by atoms with Gasteiger partial charge in [0.2, 0.25) is 0 Å². The van der Waals surface area contributed by atoms with Gasteiger partial charge in [-0.2, -0.15) is 0 Å². The molecule has 8 aliphatic rings. The summed E-state index contributed by atoms with van der Waals surface area (Å²) in [6, 6.07) is 0. The highest BCUT2D eigenvalue weighted by Crippen LogP contribution is 2.55. The van der Waals surface area contributed by atoms with E-state index in [0.717, 1.165) is 31.6 Å². The lowest BCUT2D eigenvalue weighted by Crippen LogP contribution is -2.32. The fraction of sp³-hybridized carbons (Fsp3) is 0.550. The van der Waals surface area contributed by atoms with Crippen molar-refractivity contribution in [2.24, 2.45) is 35.5 Å². The van der Waals surface area contributed by atoms with E-state index in [-0.39, 0.29) is 18.3 Å². The fourth-order valence-electron chi connectivity index (χ4n) is 10.0. The van der Waals surface area contributed by atoms with Gasteiger partial charge < -0.3 is 9.47 Å². The van der Waals surface area contributed by atoms with Crippen LogP contribution in [-0.4, -0.2) is 18.3 Å². The molecule has 2 aliphatic heterocycles. The minimum absolute atomic E-state index is 0.188. The summed E-state index contributed by atoms with van der Waals surface area (Å²) in [5.41, 5.74) is 10.7. The maximum Gasteiger partial charge on any atom is 0.127 e. The molecule has 9 atom stereocenters. The molecular formula is C40H48O2. The van der Waals surface area contributed by atoms with Gasteiger partial charge >= 0.3 is 0 Å². The Morgan fingerprint density at radius 3 is 2.83 bits per heavy atom. The maximum atomic E-state index is 7.12. The molecular weight excluding hydrogens is 512 g/mol. The first-order valence-corrected chi connectivity index (χ1v) is 17.2. The van der Waals surface area contributed by atoms with Crippen molar-refractivity contribution < 1.29 is 9.47 Å². The lowest BCUT2D eigenvalue weighted by molar-refractivity contribution is 0.0604. The summed E-state index contributed by atoms with van der Waals surface area (Å²) in [5, 5.41) is 0. The summed E-state index contributed by atoms with van der Waals surface area (Å²) in [5.74, 6) is 4.46. The zero-order chi connectivity index (χ0) is 28.4. The van der Waals surface area contributed by atoms with Gasteiger partial charge in [0.25, 0.3) is 0 Å². The van der Waals surface area contributed by atoms with E-state index in [2.05, 4.69) is 69.0 Å². The Kier molecular flexibility index (Phi) is 6.98. The van der Waals surface area contributed by atoms with Crippen LogP contribution in [0.3, 0.4) is 0 Å². The van der Waals surface area contributed by atoms with Gasteiger partial charge in [0.1, 0.15) is 11.9 Å².